The Morgan fingerprint density at radius 1 is 1.07 bits per heavy atom. The van der Waals surface area contributed by atoms with Crippen molar-refractivity contribution in [3.05, 3.63) is 28.7 Å². The minimum atomic E-state index is -3.77. The number of piperazine rings is 1. The summed E-state index contributed by atoms with van der Waals surface area (Å²) in [5.41, 5.74) is 0. The summed E-state index contributed by atoms with van der Waals surface area (Å²) in [5.74, 6) is 0.979. The van der Waals surface area contributed by atoms with Crippen LogP contribution in [0.1, 0.15) is 9.67 Å². The number of esters is 1. The molecule has 0 amide bonds. The van der Waals surface area contributed by atoms with Gasteiger partial charge in [-0.25, -0.2) is 23.2 Å². The first kappa shape index (κ1) is 21.0. The lowest BCUT2D eigenvalue weighted by molar-refractivity contribution is 0.0602. The smallest absolute Gasteiger partial charge is 0.349 e. The second kappa shape index (κ2) is 8.84. The first-order valence-corrected chi connectivity index (χ1v) is 11.9. The summed E-state index contributed by atoms with van der Waals surface area (Å²) >= 11 is 1.06. The standard InChI is InChI=1S/C18H23N5O5S2/c1-27-18(24)17-14(2-11-29-17)30(25,26)23-5-3-21(4-6-23)15-12-16(20-13-19-15)22-7-9-28-10-8-22/h2,11-13H,3-10H2,1H3. The molecule has 4 rings (SSSR count). The molecule has 0 atom stereocenters. The molecule has 2 aliphatic heterocycles. The van der Waals surface area contributed by atoms with Crippen LogP contribution < -0.4 is 9.80 Å². The zero-order chi connectivity index (χ0) is 21.1. The van der Waals surface area contributed by atoms with Gasteiger partial charge in [0.2, 0.25) is 10.0 Å². The predicted molar refractivity (Wildman–Crippen MR) is 112 cm³/mol. The van der Waals surface area contributed by atoms with Crippen LogP contribution in [-0.2, 0) is 19.5 Å². The van der Waals surface area contributed by atoms with E-state index in [0.717, 1.165) is 36.1 Å². The van der Waals surface area contributed by atoms with E-state index in [4.69, 9.17) is 9.47 Å². The molecule has 0 saturated carbocycles. The van der Waals surface area contributed by atoms with Crippen molar-refractivity contribution >= 4 is 39.0 Å². The van der Waals surface area contributed by atoms with Gasteiger partial charge < -0.3 is 19.3 Å². The van der Waals surface area contributed by atoms with Gasteiger partial charge in [0.1, 0.15) is 27.7 Å². The molecule has 162 valence electrons. The van der Waals surface area contributed by atoms with Crippen LogP contribution >= 0.6 is 11.3 Å². The first-order chi connectivity index (χ1) is 14.5. The van der Waals surface area contributed by atoms with Crippen LogP contribution in [0, 0.1) is 0 Å². The molecule has 2 fully saturated rings. The molecule has 0 aliphatic carbocycles. The summed E-state index contributed by atoms with van der Waals surface area (Å²) in [6.07, 6.45) is 1.54. The highest BCUT2D eigenvalue weighted by molar-refractivity contribution is 7.89. The third kappa shape index (κ3) is 4.13. The van der Waals surface area contributed by atoms with Crippen molar-refractivity contribution in [1.29, 1.82) is 0 Å². The Hall–Kier alpha value is -2.28. The molecule has 12 heteroatoms. The largest absolute Gasteiger partial charge is 0.465 e. The average Bonchev–Trinajstić information content (AvgIpc) is 3.30. The Balaban J connectivity index is 1.45. The topological polar surface area (TPSA) is 105 Å². The number of sulfonamides is 1. The van der Waals surface area contributed by atoms with E-state index in [0.29, 0.717) is 39.4 Å². The number of aromatic nitrogens is 2. The molecule has 2 aliphatic rings. The van der Waals surface area contributed by atoms with Gasteiger partial charge in [0, 0.05) is 45.3 Å². The summed E-state index contributed by atoms with van der Waals surface area (Å²) in [5, 5.41) is 1.59. The van der Waals surface area contributed by atoms with Crippen molar-refractivity contribution in [2.75, 3.05) is 69.4 Å². The molecule has 10 nitrogen and oxygen atoms in total. The average molecular weight is 454 g/mol. The molecule has 0 N–H and O–H groups in total. The van der Waals surface area contributed by atoms with Crippen LogP contribution in [0.5, 0.6) is 0 Å². The maximum absolute atomic E-state index is 13.1. The molecule has 0 unspecified atom stereocenters. The van der Waals surface area contributed by atoms with E-state index in [2.05, 4.69) is 14.9 Å². The maximum Gasteiger partial charge on any atom is 0.349 e. The Labute approximate surface area is 179 Å². The van der Waals surface area contributed by atoms with Crippen LogP contribution in [0.2, 0.25) is 0 Å². The summed E-state index contributed by atoms with van der Waals surface area (Å²) < 4.78 is 37.6. The van der Waals surface area contributed by atoms with Crippen LogP contribution in [0.4, 0.5) is 11.6 Å². The van der Waals surface area contributed by atoms with Gasteiger partial charge in [-0.3, -0.25) is 0 Å². The fourth-order valence-corrected chi connectivity index (χ4v) is 6.24. The lowest BCUT2D eigenvalue weighted by atomic mass is 10.3. The van der Waals surface area contributed by atoms with Gasteiger partial charge in [-0.1, -0.05) is 0 Å². The number of rotatable bonds is 5. The molecule has 4 heterocycles. The number of hydrogen-bond donors (Lipinski definition) is 0. The summed E-state index contributed by atoms with van der Waals surface area (Å²) in [6.45, 7) is 4.51. The highest BCUT2D eigenvalue weighted by atomic mass is 32.2. The van der Waals surface area contributed by atoms with Crippen LogP contribution in [0.25, 0.3) is 0 Å². The lowest BCUT2D eigenvalue weighted by Crippen LogP contribution is -2.49. The normalized spacial score (nSPS) is 18.4. The molecule has 2 saturated heterocycles. The van der Waals surface area contributed by atoms with E-state index in [9.17, 15) is 13.2 Å². The van der Waals surface area contributed by atoms with Crippen molar-refractivity contribution in [3.63, 3.8) is 0 Å². The van der Waals surface area contributed by atoms with Gasteiger partial charge in [0.05, 0.1) is 20.3 Å². The predicted octanol–water partition coefficient (Wildman–Crippen LogP) is 0.672. The van der Waals surface area contributed by atoms with Gasteiger partial charge in [-0.05, 0) is 11.4 Å². The fraction of sp³-hybridized carbons (Fsp3) is 0.500. The Kier molecular flexibility index (Phi) is 6.18. The van der Waals surface area contributed by atoms with Gasteiger partial charge in [0.15, 0.2) is 0 Å². The number of carbonyl (C=O) groups excluding carboxylic acids is 1. The number of anilines is 2. The molecule has 30 heavy (non-hydrogen) atoms. The number of ether oxygens (including phenoxy) is 2. The lowest BCUT2D eigenvalue weighted by Gasteiger charge is -2.35. The second-order valence-electron chi connectivity index (χ2n) is 6.83. The molecule has 2 aromatic rings. The quantitative estimate of drug-likeness (QED) is 0.604. The van der Waals surface area contributed by atoms with Crippen molar-refractivity contribution in [1.82, 2.24) is 14.3 Å². The number of nitrogens with zero attached hydrogens (tertiary/aromatic N) is 5. The molecular formula is C18H23N5O5S2. The maximum atomic E-state index is 13.1. The Bertz CT molecular complexity index is 998. The van der Waals surface area contributed by atoms with E-state index in [1.165, 1.54) is 23.8 Å². The monoisotopic (exact) mass is 453 g/mol. The number of thiophene rings is 1. The highest BCUT2D eigenvalue weighted by Crippen LogP contribution is 2.27. The van der Waals surface area contributed by atoms with E-state index >= 15 is 0 Å². The van der Waals surface area contributed by atoms with Crippen LogP contribution in [0.15, 0.2) is 28.7 Å². The zero-order valence-electron chi connectivity index (χ0n) is 16.6. The van der Waals surface area contributed by atoms with E-state index in [1.807, 2.05) is 11.0 Å². The molecule has 0 radical (unpaired) electrons. The minimum absolute atomic E-state index is 0.00411. The Morgan fingerprint density at radius 3 is 2.33 bits per heavy atom. The summed E-state index contributed by atoms with van der Waals surface area (Å²) in [6, 6.07) is 3.39. The number of morpholine rings is 1. The van der Waals surface area contributed by atoms with Crippen molar-refractivity contribution < 1.29 is 22.7 Å². The third-order valence-electron chi connectivity index (χ3n) is 5.15. The van der Waals surface area contributed by atoms with Crippen LogP contribution in [-0.4, -0.2) is 88.3 Å². The summed E-state index contributed by atoms with van der Waals surface area (Å²) in [4.78, 5) is 24.9. The van der Waals surface area contributed by atoms with Gasteiger partial charge >= 0.3 is 5.97 Å². The molecular weight excluding hydrogens is 430 g/mol. The van der Waals surface area contributed by atoms with Crippen molar-refractivity contribution in [2.24, 2.45) is 0 Å². The molecule has 0 spiro atoms. The van der Waals surface area contributed by atoms with Crippen LogP contribution in [0.3, 0.4) is 0 Å². The van der Waals surface area contributed by atoms with Gasteiger partial charge in [0.25, 0.3) is 0 Å². The number of hydrogen-bond acceptors (Lipinski definition) is 10. The van der Waals surface area contributed by atoms with E-state index in [-0.39, 0.29) is 9.77 Å². The first-order valence-electron chi connectivity index (χ1n) is 9.56. The molecule has 0 bridgehead atoms. The van der Waals surface area contributed by atoms with E-state index in [1.54, 1.807) is 5.38 Å². The minimum Gasteiger partial charge on any atom is -0.465 e. The fourth-order valence-electron chi connectivity index (χ4n) is 3.51. The molecule has 2 aromatic heterocycles. The van der Waals surface area contributed by atoms with E-state index < -0.39 is 16.0 Å². The summed E-state index contributed by atoms with van der Waals surface area (Å²) in [7, 11) is -2.53. The van der Waals surface area contributed by atoms with Gasteiger partial charge in [-0.15, -0.1) is 11.3 Å². The molecule has 0 aromatic carbocycles. The van der Waals surface area contributed by atoms with Crippen molar-refractivity contribution in [3.8, 4) is 0 Å². The second-order valence-corrected chi connectivity index (χ2v) is 9.65. The number of carbonyl (C=O) groups is 1. The van der Waals surface area contributed by atoms with Crippen molar-refractivity contribution in [2.45, 2.75) is 4.90 Å². The van der Waals surface area contributed by atoms with Gasteiger partial charge in [-0.2, -0.15) is 4.31 Å². The number of methoxy groups -OCH3 is 1. The third-order valence-corrected chi connectivity index (χ3v) is 8.12. The zero-order valence-corrected chi connectivity index (χ0v) is 18.2. The SMILES string of the molecule is COC(=O)c1sccc1S(=O)(=O)N1CCN(c2cc(N3CCOCC3)ncn2)CC1. The Morgan fingerprint density at radius 2 is 1.70 bits per heavy atom. The highest BCUT2D eigenvalue weighted by Gasteiger charge is 2.33.